The number of oxime groups is 1. The molecule has 1 aromatic heterocycles. The predicted octanol–water partition coefficient (Wildman–Crippen LogP) is 2.14. The number of aryl methyl sites for hydroxylation is 1. The van der Waals surface area contributed by atoms with Crippen molar-refractivity contribution in [3.63, 3.8) is 0 Å². The Bertz CT molecular complexity index is 474. The van der Waals surface area contributed by atoms with Gasteiger partial charge in [0, 0.05) is 0 Å². The topological polar surface area (TPSA) is 58.6 Å². The first-order chi connectivity index (χ1) is 6.79. The van der Waals surface area contributed by atoms with Gasteiger partial charge in [-0.25, -0.2) is 4.98 Å². The fraction of sp³-hybridized carbons (Fsp3) is 0.200. The minimum atomic E-state index is 0.407. The van der Waals surface area contributed by atoms with Crippen molar-refractivity contribution in [2.75, 3.05) is 0 Å². The zero-order valence-electron chi connectivity index (χ0n) is 7.77. The summed E-state index contributed by atoms with van der Waals surface area (Å²) in [5.41, 5.74) is 2.75. The molecule has 0 unspecified atom stereocenters. The van der Waals surface area contributed by atoms with Gasteiger partial charge in [-0.1, -0.05) is 6.07 Å². The van der Waals surface area contributed by atoms with Crippen LogP contribution in [0, 0.1) is 6.92 Å². The van der Waals surface area contributed by atoms with Gasteiger partial charge in [0.25, 0.3) is 0 Å². The molecule has 14 heavy (non-hydrogen) atoms. The molecule has 0 spiro atoms. The standard InChI is InChI=1S/C10H10N2O2/c1-7-2-3-9-8(6-7)12-10(14-9)4-5-11-13/h2-3,5-6,13H,4H2,1H3/b11-5+. The van der Waals surface area contributed by atoms with E-state index >= 15 is 0 Å². The number of rotatable bonds is 2. The third kappa shape index (κ3) is 1.59. The molecule has 0 amide bonds. The second-order valence-electron chi connectivity index (χ2n) is 3.08. The molecule has 4 nitrogen and oxygen atoms in total. The smallest absolute Gasteiger partial charge is 0.200 e. The molecule has 2 rings (SSSR count). The molecule has 0 aliphatic rings. The van der Waals surface area contributed by atoms with Crippen molar-refractivity contribution >= 4 is 17.3 Å². The van der Waals surface area contributed by atoms with Crippen molar-refractivity contribution in [1.82, 2.24) is 4.98 Å². The molecular weight excluding hydrogens is 180 g/mol. The summed E-state index contributed by atoms with van der Waals surface area (Å²) < 4.78 is 5.41. The maximum atomic E-state index is 8.25. The third-order valence-electron chi connectivity index (χ3n) is 1.93. The highest BCUT2D eigenvalue weighted by molar-refractivity contribution is 5.74. The number of benzene rings is 1. The molecule has 0 radical (unpaired) electrons. The number of hydrogen-bond acceptors (Lipinski definition) is 4. The van der Waals surface area contributed by atoms with Crippen LogP contribution in [0.4, 0.5) is 0 Å². The molecule has 0 saturated heterocycles. The van der Waals surface area contributed by atoms with Crippen molar-refractivity contribution in [1.29, 1.82) is 0 Å². The Balaban J connectivity index is 2.41. The molecule has 1 heterocycles. The van der Waals surface area contributed by atoms with Crippen molar-refractivity contribution < 1.29 is 9.62 Å². The van der Waals surface area contributed by atoms with E-state index in [0.29, 0.717) is 12.3 Å². The second-order valence-corrected chi connectivity index (χ2v) is 3.08. The van der Waals surface area contributed by atoms with Crippen LogP contribution >= 0.6 is 0 Å². The Morgan fingerprint density at radius 1 is 1.57 bits per heavy atom. The molecule has 1 N–H and O–H groups in total. The fourth-order valence-electron chi connectivity index (χ4n) is 1.29. The highest BCUT2D eigenvalue weighted by Crippen LogP contribution is 2.16. The number of fused-ring (bicyclic) bond motifs is 1. The summed E-state index contributed by atoms with van der Waals surface area (Å²) in [5, 5.41) is 11.1. The van der Waals surface area contributed by atoms with Crippen molar-refractivity contribution in [3.05, 3.63) is 29.7 Å². The molecule has 0 bridgehead atoms. The molecular formula is C10H10N2O2. The molecule has 0 saturated carbocycles. The lowest BCUT2D eigenvalue weighted by atomic mass is 10.2. The normalized spacial score (nSPS) is 11.5. The monoisotopic (exact) mass is 190 g/mol. The molecule has 72 valence electrons. The zero-order valence-corrected chi connectivity index (χ0v) is 7.77. The maximum Gasteiger partial charge on any atom is 0.200 e. The van der Waals surface area contributed by atoms with E-state index in [2.05, 4.69) is 10.1 Å². The van der Waals surface area contributed by atoms with Gasteiger partial charge in [0.05, 0.1) is 12.6 Å². The van der Waals surface area contributed by atoms with Crippen LogP contribution in [0.25, 0.3) is 11.1 Å². The number of hydrogen-bond donors (Lipinski definition) is 1. The predicted molar refractivity (Wildman–Crippen MR) is 52.7 cm³/mol. The van der Waals surface area contributed by atoms with E-state index in [1.165, 1.54) is 6.21 Å². The first-order valence-corrected chi connectivity index (χ1v) is 4.31. The lowest BCUT2D eigenvalue weighted by molar-refractivity contribution is 0.320. The van der Waals surface area contributed by atoms with Gasteiger partial charge in [-0.3, -0.25) is 0 Å². The molecule has 0 atom stereocenters. The van der Waals surface area contributed by atoms with Crippen LogP contribution in [0.2, 0.25) is 0 Å². The van der Waals surface area contributed by atoms with Crippen molar-refractivity contribution in [3.8, 4) is 0 Å². The molecule has 0 aliphatic heterocycles. The Morgan fingerprint density at radius 2 is 2.43 bits per heavy atom. The Labute approximate surface area is 80.9 Å². The van der Waals surface area contributed by atoms with Gasteiger partial charge >= 0.3 is 0 Å². The van der Waals surface area contributed by atoms with Crippen LogP contribution < -0.4 is 0 Å². The van der Waals surface area contributed by atoms with E-state index in [9.17, 15) is 0 Å². The van der Waals surface area contributed by atoms with Gasteiger partial charge in [0.2, 0.25) is 5.89 Å². The van der Waals surface area contributed by atoms with Gasteiger partial charge in [-0.05, 0) is 24.6 Å². The Morgan fingerprint density at radius 3 is 3.21 bits per heavy atom. The second kappa shape index (κ2) is 3.49. The van der Waals surface area contributed by atoms with E-state index in [0.717, 1.165) is 16.7 Å². The van der Waals surface area contributed by atoms with E-state index in [1.807, 2.05) is 25.1 Å². The molecule has 0 aliphatic carbocycles. The van der Waals surface area contributed by atoms with E-state index < -0.39 is 0 Å². The zero-order chi connectivity index (χ0) is 9.97. The summed E-state index contributed by atoms with van der Waals surface area (Å²) in [5.74, 6) is 0.559. The van der Waals surface area contributed by atoms with Crippen molar-refractivity contribution in [2.45, 2.75) is 13.3 Å². The van der Waals surface area contributed by atoms with Gasteiger partial charge < -0.3 is 9.62 Å². The van der Waals surface area contributed by atoms with Crippen LogP contribution in [-0.2, 0) is 6.42 Å². The van der Waals surface area contributed by atoms with Crippen LogP contribution in [0.1, 0.15) is 11.5 Å². The summed E-state index contributed by atoms with van der Waals surface area (Å²) in [6.07, 6.45) is 1.75. The summed E-state index contributed by atoms with van der Waals surface area (Å²) in [6.45, 7) is 2.00. The maximum absolute atomic E-state index is 8.25. The molecule has 4 heteroatoms. The largest absolute Gasteiger partial charge is 0.440 e. The SMILES string of the molecule is Cc1ccc2oc(C/C=N/O)nc2c1. The fourth-order valence-corrected chi connectivity index (χ4v) is 1.29. The van der Waals surface area contributed by atoms with Gasteiger partial charge in [-0.2, -0.15) is 0 Å². The van der Waals surface area contributed by atoms with E-state index in [4.69, 9.17) is 9.62 Å². The third-order valence-corrected chi connectivity index (χ3v) is 1.93. The Hall–Kier alpha value is -1.84. The number of aromatic nitrogens is 1. The number of nitrogens with zero attached hydrogens (tertiary/aromatic N) is 2. The van der Waals surface area contributed by atoms with Gasteiger partial charge in [-0.15, -0.1) is 5.16 Å². The van der Waals surface area contributed by atoms with Gasteiger partial charge in [0.15, 0.2) is 5.58 Å². The van der Waals surface area contributed by atoms with Gasteiger partial charge in [0.1, 0.15) is 5.52 Å². The lowest BCUT2D eigenvalue weighted by Crippen LogP contribution is -1.84. The van der Waals surface area contributed by atoms with E-state index in [-0.39, 0.29) is 0 Å². The highest BCUT2D eigenvalue weighted by Gasteiger charge is 2.03. The highest BCUT2D eigenvalue weighted by atomic mass is 16.4. The Kier molecular flexibility index (Phi) is 2.18. The van der Waals surface area contributed by atoms with Crippen molar-refractivity contribution in [2.24, 2.45) is 5.16 Å². The minimum absolute atomic E-state index is 0.407. The first kappa shape index (κ1) is 8.74. The lowest BCUT2D eigenvalue weighted by Gasteiger charge is -1.87. The average Bonchev–Trinajstić information content (AvgIpc) is 2.56. The quantitative estimate of drug-likeness (QED) is 0.448. The summed E-state index contributed by atoms with van der Waals surface area (Å²) in [7, 11) is 0. The van der Waals surface area contributed by atoms with Crippen LogP contribution in [0.3, 0.4) is 0 Å². The minimum Gasteiger partial charge on any atom is -0.440 e. The summed E-state index contributed by atoms with van der Waals surface area (Å²) in [6, 6.07) is 5.81. The molecule has 2 aromatic rings. The molecule has 1 aromatic carbocycles. The van der Waals surface area contributed by atoms with Crippen LogP contribution in [-0.4, -0.2) is 16.4 Å². The average molecular weight is 190 g/mol. The molecule has 0 fully saturated rings. The number of oxazole rings is 1. The summed E-state index contributed by atoms with van der Waals surface area (Å²) >= 11 is 0. The van der Waals surface area contributed by atoms with Crippen LogP contribution in [0.15, 0.2) is 27.8 Å². The first-order valence-electron chi connectivity index (χ1n) is 4.31. The summed E-state index contributed by atoms with van der Waals surface area (Å²) in [4.78, 5) is 4.24. The van der Waals surface area contributed by atoms with E-state index in [1.54, 1.807) is 0 Å². The van der Waals surface area contributed by atoms with Crippen LogP contribution in [0.5, 0.6) is 0 Å².